The summed E-state index contributed by atoms with van der Waals surface area (Å²) >= 11 is 5.50. The number of alkyl halides is 1. The molecule has 1 nitrogen and oxygen atoms in total. The van der Waals surface area contributed by atoms with Crippen LogP contribution in [0.1, 0.15) is 5.56 Å². The zero-order valence-electron chi connectivity index (χ0n) is 5.98. The van der Waals surface area contributed by atoms with Crippen molar-refractivity contribution in [3.05, 3.63) is 29.6 Å². The molecule has 1 rings (SSSR count). The summed E-state index contributed by atoms with van der Waals surface area (Å²) in [7, 11) is 0. The van der Waals surface area contributed by atoms with Crippen molar-refractivity contribution in [3.63, 3.8) is 0 Å². The maximum absolute atomic E-state index is 12.5. The number of anilines is 1. The Morgan fingerprint density at radius 1 is 1.45 bits per heavy atom. The second kappa shape index (κ2) is 3.58. The Bertz CT molecular complexity index is 250. The molecule has 0 radical (unpaired) electrons. The van der Waals surface area contributed by atoms with E-state index in [1.165, 1.54) is 12.1 Å². The van der Waals surface area contributed by atoms with Gasteiger partial charge >= 0.3 is 0 Å². The van der Waals surface area contributed by atoms with E-state index in [-0.39, 0.29) is 5.82 Å². The first-order valence-corrected chi connectivity index (χ1v) is 3.87. The number of rotatable bonds is 2. The van der Waals surface area contributed by atoms with Crippen LogP contribution in [0.4, 0.5) is 10.1 Å². The molecular weight excluding hydrogens is 165 g/mol. The quantitative estimate of drug-likeness (QED) is 0.539. The fourth-order valence-corrected chi connectivity index (χ4v) is 1.10. The van der Waals surface area contributed by atoms with E-state index < -0.39 is 0 Å². The Morgan fingerprint density at radius 2 is 2.18 bits per heavy atom. The minimum absolute atomic E-state index is 0.305. The van der Waals surface area contributed by atoms with Crippen LogP contribution >= 0.6 is 11.6 Å². The zero-order valence-corrected chi connectivity index (χ0v) is 6.74. The lowest BCUT2D eigenvalue weighted by atomic mass is 10.1. The number of nitrogen functional groups attached to an aromatic ring is 1. The van der Waals surface area contributed by atoms with Gasteiger partial charge in [0.05, 0.1) is 0 Å². The van der Waals surface area contributed by atoms with E-state index in [0.717, 1.165) is 5.56 Å². The molecule has 0 aliphatic rings. The van der Waals surface area contributed by atoms with Gasteiger partial charge in [0, 0.05) is 11.6 Å². The number of hydrogen-bond acceptors (Lipinski definition) is 1. The van der Waals surface area contributed by atoms with E-state index >= 15 is 0 Å². The van der Waals surface area contributed by atoms with Crippen LogP contribution in [0.25, 0.3) is 0 Å². The molecule has 0 aromatic heterocycles. The molecule has 0 fully saturated rings. The van der Waals surface area contributed by atoms with Gasteiger partial charge in [-0.05, 0) is 24.1 Å². The van der Waals surface area contributed by atoms with Crippen LogP contribution in [-0.4, -0.2) is 5.88 Å². The van der Waals surface area contributed by atoms with Gasteiger partial charge in [0.1, 0.15) is 5.82 Å². The average Bonchev–Trinajstić information content (AvgIpc) is 1.95. The van der Waals surface area contributed by atoms with Crippen molar-refractivity contribution in [1.82, 2.24) is 0 Å². The molecule has 0 saturated heterocycles. The molecule has 60 valence electrons. The summed E-state index contributed by atoms with van der Waals surface area (Å²) in [6.07, 6.45) is 0.688. The molecule has 1 aromatic rings. The summed E-state index contributed by atoms with van der Waals surface area (Å²) in [4.78, 5) is 0. The molecule has 2 N–H and O–H groups in total. The van der Waals surface area contributed by atoms with Crippen molar-refractivity contribution in [2.75, 3.05) is 11.6 Å². The van der Waals surface area contributed by atoms with Gasteiger partial charge in [-0.1, -0.05) is 6.07 Å². The third-order valence-electron chi connectivity index (χ3n) is 1.47. The summed E-state index contributed by atoms with van der Waals surface area (Å²) in [5.41, 5.74) is 6.89. The zero-order chi connectivity index (χ0) is 8.27. The fraction of sp³-hybridized carbons (Fsp3) is 0.250. The second-order valence-electron chi connectivity index (χ2n) is 2.28. The molecule has 0 aliphatic carbocycles. The average molecular weight is 174 g/mol. The van der Waals surface area contributed by atoms with E-state index in [9.17, 15) is 4.39 Å². The lowest BCUT2D eigenvalue weighted by Crippen LogP contribution is -1.95. The van der Waals surface area contributed by atoms with Crippen molar-refractivity contribution in [3.8, 4) is 0 Å². The van der Waals surface area contributed by atoms with Gasteiger partial charge in [0.15, 0.2) is 0 Å². The van der Waals surface area contributed by atoms with Crippen LogP contribution in [0.2, 0.25) is 0 Å². The molecule has 1 aromatic carbocycles. The van der Waals surface area contributed by atoms with Crippen LogP contribution in [0.3, 0.4) is 0 Å². The van der Waals surface area contributed by atoms with Gasteiger partial charge < -0.3 is 5.73 Å². The first-order chi connectivity index (χ1) is 5.24. The third-order valence-corrected chi connectivity index (χ3v) is 1.66. The fourth-order valence-electron chi connectivity index (χ4n) is 0.895. The third kappa shape index (κ3) is 2.09. The lowest BCUT2D eigenvalue weighted by molar-refractivity contribution is 0.628. The first kappa shape index (κ1) is 8.34. The van der Waals surface area contributed by atoms with Gasteiger partial charge in [0.25, 0.3) is 0 Å². The van der Waals surface area contributed by atoms with E-state index in [4.69, 9.17) is 17.3 Å². The number of halogens is 2. The van der Waals surface area contributed by atoms with Crippen molar-refractivity contribution >= 4 is 17.3 Å². The lowest BCUT2D eigenvalue weighted by Gasteiger charge is -2.01. The number of hydrogen-bond donors (Lipinski definition) is 1. The first-order valence-electron chi connectivity index (χ1n) is 3.34. The maximum Gasteiger partial charge on any atom is 0.125 e. The van der Waals surface area contributed by atoms with Crippen molar-refractivity contribution in [2.45, 2.75) is 6.42 Å². The van der Waals surface area contributed by atoms with Crippen LogP contribution in [0, 0.1) is 5.82 Å². The molecular formula is C8H9ClFN. The monoisotopic (exact) mass is 173 g/mol. The van der Waals surface area contributed by atoms with E-state index in [1.54, 1.807) is 6.07 Å². The summed E-state index contributed by atoms with van der Waals surface area (Å²) in [5, 5.41) is 0. The summed E-state index contributed by atoms with van der Waals surface area (Å²) < 4.78 is 12.5. The minimum Gasteiger partial charge on any atom is -0.398 e. The van der Waals surface area contributed by atoms with Gasteiger partial charge in [-0.2, -0.15) is 0 Å². The number of benzene rings is 1. The van der Waals surface area contributed by atoms with Gasteiger partial charge in [-0.15, -0.1) is 11.6 Å². The van der Waals surface area contributed by atoms with Crippen molar-refractivity contribution < 1.29 is 4.39 Å². The minimum atomic E-state index is -0.305. The maximum atomic E-state index is 12.5. The molecule has 0 saturated carbocycles. The number of nitrogens with two attached hydrogens (primary N) is 1. The van der Waals surface area contributed by atoms with Gasteiger partial charge in [-0.3, -0.25) is 0 Å². The van der Waals surface area contributed by atoms with Crippen molar-refractivity contribution in [2.24, 2.45) is 0 Å². The highest BCUT2D eigenvalue weighted by atomic mass is 35.5. The Kier molecular flexibility index (Phi) is 2.71. The molecule has 0 spiro atoms. The molecule has 0 bridgehead atoms. The van der Waals surface area contributed by atoms with E-state index in [2.05, 4.69) is 0 Å². The highest BCUT2D eigenvalue weighted by molar-refractivity contribution is 6.18. The smallest absolute Gasteiger partial charge is 0.125 e. The highest BCUT2D eigenvalue weighted by Gasteiger charge is 1.98. The Balaban J connectivity index is 2.90. The SMILES string of the molecule is Nc1cc(F)ccc1CCCl. The van der Waals surface area contributed by atoms with Crippen LogP contribution < -0.4 is 5.73 Å². The topological polar surface area (TPSA) is 26.0 Å². The standard InChI is InChI=1S/C8H9ClFN/c9-4-3-6-1-2-7(10)5-8(6)11/h1-2,5H,3-4,11H2. The van der Waals surface area contributed by atoms with Crippen LogP contribution in [-0.2, 0) is 6.42 Å². The molecule has 0 aliphatic heterocycles. The highest BCUT2D eigenvalue weighted by Crippen LogP contribution is 2.13. The molecule has 0 atom stereocenters. The van der Waals surface area contributed by atoms with Crippen molar-refractivity contribution in [1.29, 1.82) is 0 Å². The largest absolute Gasteiger partial charge is 0.398 e. The molecule has 3 heteroatoms. The van der Waals surface area contributed by atoms with Crippen LogP contribution in [0.5, 0.6) is 0 Å². The summed E-state index contributed by atoms with van der Waals surface area (Å²) in [6.45, 7) is 0. The van der Waals surface area contributed by atoms with Gasteiger partial charge in [-0.25, -0.2) is 4.39 Å². The van der Waals surface area contributed by atoms with Gasteiger partial charge in [0.2, 0.25) is 0 Å². The Labute approximate surface area is 70.0 Å². The molecule has 0 heterocycles. The molecule has 11 heavy (non-hydrogen) atoms. The van der Waals surface area contributed by atoms with Crippen LogP contribution in [0.15, 0.2) is 18.2 Å². The predicted octanol–water partition coefficient (Wildman–Crippen LogP) is 2.19. The van der Waals surface area contributed by atoms with E-state index in [0.29, 0.717) is 18.0 Å². The Hall–Kier alpha value is -0.760. The Morgan fingerprint density at radius 3 is 2.73 bits per heavy atom. The predicted molar refractivity (Wildman–Crippen MR) is 45.2 cm³/mol. The summed E-state index contributed by atoms with van der Waals surface area (Å²) in [5.74, 6) is 0.205. The number of aryl methyl sites for hydroxylation is 1. The molecule has 0 amide bonds. The van der Waals surface area contributed by atoms with E-state index in [1.807, 2.05) is 0 Å². The second-order valence-corrected chi connectivity index (χ2v) is 2.66. The summed E-state index contributed by atoms with van der Waals surface area (Å²) in [6, 6.07) is 4.35. The molecule has 0 unspecified atom stereocenters. The normalized spacial score (nSPS) is 10.0.